The fourth-order valence-corrected chi connectivity index (χ4v) is 0.920. The molecule has 1 nitrogen and oxygen atoms in total. The third-order valence-corrected chi connectivity index (χ3v) is 1.70. The van der Waals surface area contributed by atoms with Crippen molar-refractivity contribution in [2.24, 2.45) is 0 Å². The van der Waals surface area contributed by atoms with Crippen molar-refractivity contribution >= 4 is 28.2 Å². The molecule has 11 heavy (non-hydrogen) atoms. The average molecular weight is 193 g/mol. The monoisotopic (exact) mass is 192 g/mol. The first-order valence-electron chi connectivity index (χ1n) is 4.27. The summed E-state index contributed by atoms with van der Waals surface area (Å²) in [6.07, 6.45) is 4.88. The van der Waals surface area contributed by atoms with Gasteiger partial charge >= 0.3 is 41.3 Å². The fraction of sp³-hybridized carbons (Fsp3) is 1.00. The molecule has 0 N–H and O–H groups in total. The Balaban J connectivity index is 0. The van der Waals surface area contributed by atoms with Gasteiger partial charge in [-0.05, 0) is 6.42 Å². The van der Waals surface area contributed by atoms with Gasteiger partial charge in [-0.3, -0.25) is 4.29 Å². The third kappa shape index (κ3) is 24.9. The second-order valence-electron chi connectivity index (χ2n) is 2.31. The van der Waals surface area contributed by atoms with E-state index in [0.29, 0.717) is 6.61 Å². The summed E-state index contributed by atoms with van der Waals surface area (Å²) in [5.41, 5.74) is 0. The molecule has 0 aromatic carbocycles. The van der Waals surface area contributed by atoms with Crippen LogP contribution in [0, 0.1) is 0 Å². The van der Waals surface area contributed by atoms with Gasteiger partial charge in [-0.25, -0.2) is 0 Å². The molecule has 64 valence electrons. The molecule has 0 aliphatic heterocycles. The first-order chi connectivity index (χ1) is 5.33. The van der Waals surface area contributed by atoms with Crippen LogP contribution in [0.15, 0.2) is 0 Å². The summed E-state index contributed by atoms with van der Waals surface area (Å²) in [5, 5.41) is 1.26. The van der Waals surface area contributed by atoms with Crippen LogP contribution < -0.4 is 0 Å². The Kier molecular flexibility index (Phi) is 22.2. The Morgan fingerprint density at radius 1 is 1.18 bits per heavy atom. The van der Waals surface area contributed by atoms with Crippen molar-refractivity contribution in [3.8, 4) is 0 Å². The van der Waals surface area contributed by atoms with E-state index in [1.54, 1.807) is 0 Å². The van der Waals surface area contributed by atoms with Gasteiger partial charge in [0.25, 0.3) is 0 Å². The number of hydrogen-bond donors (Lipinski definition) is 0. The zero-order valence-corrected chi connectivity index (χ0v) is 9.52. The first kappa shape index (κ1) is 14.3. The maximum absolute atomic E-state index is 4.88. The minimum atomic E-state index is 0.679. The molecule has 3 heteroatoms. The number of rotatable bonds is 5. The molecule has 0 aliphatic rings. The normalized spacial score (nSPS) is 8.82. The topological polar surface area (TPSA) is 9.23 Å². The minimum absolute atomic E-state index is 0.679. The first-order valence-corrected chi connectivity index (χ1v) is 5.39. The van der Waals surface area contributed by atoms with Crippen LogP contribution in [0.25, 0.3) is 0 Å². The number of halogens is 1. The summed E-state index contributed by atoms with van der Waals surface area (Å²) in [5.74, 6) is 0. The summed E-state index contributed by atoms with van der Waals surface area (Å²) in [6.45, 7) is 4.97. The maximum atomic E-state index is 4.88. The number of unbranched alkanes of at least 4 members (excludes halogenated alkanes) is 2. The van der Waals surface area contributed by atoms with Crippen LogP contribution in [-0.2, 0) is 4.29 Å². The molecule has 0 amide bonds. The van der Waals surface area contributed by atoms with E-state index in [1.165, 1.54) is 18.1 Å². The predicted molar refractivity (Wildman–Crippen MR) is 52.2 cm³/mol. The van der Waals surface area contributed by atoms with Gasteiger partial charge in [-0.15, -0.1) is 0 Å². The molecule has 0 fully saturated rings. The van der Waals surface area contributed by atoms with E-state index in [2.05, 4.69) is 34.4 Å². The molecule has 0 radical (unpaired) electrons. The van der Waals surface area contributed by atoms with Crippen molar-refractivity contribution in [1.82, 2.24) is 0 Å². The molecule has 0 aliphatic carbocycles. The van der Waals surface area contributed by atoms with Crippen LogP contribution in [0.5, 0.6) is 0 Å². The molecule has 0 rings (SSSR count). The molecule has 0 saturated carbocycles. The quantitative estimate of drug-likeness (QED) is 0.480. The van der Waals surface area contributed by atoms with Crippen molar-refractivity contribution in [3.63, 3.8) is 0 Å². The second-order valence-corrected chi connectivity index (χ2v) is 3.10. The standard InChI is InChI=1S/C4H9ClO.C4H9.Al/c1-2-3-4-6-5;1-3-4-2;/h2-4H2,1H3;1,3-4H2,2H3;/q;;+2. The van der Waals surface area contributed by atoms with E-state index >= 15 is 0 Å². The van der Waals surface area contributed by atoms with Crippen molar-refractivity contribution in [1.29, 1.82) is 0 Å². The van der Waals surface area contributed by atoms with Crippen molar-refractivity contribution in [2.75, 3.05) is 6.61 Å². The molecule has 0 atom stereocenters. The summed E-state index contributed by atoms with van der Waals surface area (Å²) < 4.78 is 4.25. The van der Waals surface area contributed by atoms with Crippen molar-refractivity contribution in [2.45, 2.75) is 44.8 Å². The molecule has 0 spiro atoms. The summed E-state index contributed by atoms with van der Waals surface area (Å²) >= 11 is 7.58. The molecular formula is C8H18AlClO+2. The average Bonchev–Trinajstić information content (AvgIpc) is 2.04. The van der Waals surface area contributed by atoms with Crippen LogP contribution in [-0.4, -0.2) is 22.9 Å². The Bertz CT molecular complexity index is 47.4. The summed E-state index contributed by atoms with van der Waals surface area (Å²) in [7, 11) is 0. The molecular weight excluding hydrogens is 175 g/mol. The second kappa shape index (κ2) is 17.0. The van der Waals surface area contributed by atoms with E-state index in [0.717, 1.165) is 12.8 Å². The molecule has 0 aromatic heterocycles. The van der Waals surface area contributed by atoms with Gasteiger partial charge in [-0.1, -0.05) is 13.3 Å². The van der Waals surface area contributed by atoms with E-state index in [4.69, 9.17) is 11.9 Å². The van der Waals surface area contributed by atoms with Gasteiger partial charge in [0.1, 0.15) is 0 Å². The third-order valence-electron chi connectivity index (χ3n) is 1.13. The Morgan fingerprint density at radius 2 is 1.73 bits per heavy atom. The van der Waals surface area contributed by atoms with E-state index < -0.39 is 0 Å². The van der Waals surface area contributed by atoms with Crippen LogP contribution in [0.2, 0.25) is 5.28 Å². The predicted octanol–water partition coefficient (Wildman–Crippen LogP) is 3.33. The molecule has 0 aromatic rings. The van der Waals surface area contributed by atoms with Gasteiger partial charge in [0.2, 0.25) is 0 Å². The summed E-state index contributed by atoms with van der Waals surface area (Å²) in [6, 6.07) is 0. The zero-order chi connectivity index (χ0) is 8.95. The Hall–Kier alpha value is 0.782. The van der Waals surface area contributed by atoms with Crippen LogP contribution in [0.1, 0.15) is 39.5 Å². The van der Waals surface area contributed by atoms with Gasteiger partial charge in [0.05, 0.1) is 18.5 Å². The van der Waals surface area contributed by atoms with Crippen molar-refractivity contribution in [3.05, 3.63) is 0 Å². The van der Waals surface area contributed by atoms with E-state index in [9.17, 15) is 0 Å². The van der Waals surface area contributed by atoms with E-state index in [-0.39, 0.29) is 0 Å². The SMILES string of the molecule is CCCCOCl.CCC[CH2][Al+2]. The Labute approximate surface area is 84.1 Å². The molecule has 0 bridgehead atoms. The molecule has 0 heterocycles. The van der Waals surface area contributed by atoms with Crippen molar-refractivity contribution < 1.29 is 4.29 Å². The van der Waals surface area contributed by atoms with E-state index in [1.807, 2.05) is 0 Å². The van der Waals surface area contributed by atoms with Gasteiger partial charge in [0.15, 0.2) is 0 Å². The van der Waals surface area contributed by atoms with Crippen LogP contribution in [0.4, 0.5) is 0 Å². The molecule has 0 unspecified atom stereocenters. The fourth-order valence-electron chi connectivity index (χ4n) is 0.403. The van der Waals surface area contributed by atoms with Gasteiger partial charge < -0.3 is 0 Å². The van der Waals surface area contributed by atoms with Gasteiger partial charge in [-0.2, -0.15) is 0 Å². The summed E-state index contributed by atoms with van der Waals surface area (Å²) in [4.78, 5) is 0. The van der Waals surface area contributed by atoms with Gasteiger partial charge in [0, 0.05) is 0 Å². The Morgan fingerprint density at radius 3 is 1.82 bits per heavy atom. The van der Waals surface area contributed by atoms with Crippen LogP contribution >= 0.6 is 11.9 Å². The molecule has 0 saturated heterocycles. The van der Waals surface area contributed by atoms with Crippen LogP contribution in [0.3, 0.4) is 0 Å². The number of hydrogen-bond acceptors (Lipinski definition) is 1. The zero-order valence-electron chi connectivity index (χ0n) is 7.61.